The zero-order valence-electron chi connectivity index (χ0n) is 19.4. The van der Waals surface area contributed by atoms with Gasteiger partial charge in [-0.15, -0.1) is 0 Å². The Bertz CT molecular complexity index is 1410. The number of imidazole rings is 1. The van der Waals surface area contributed by atoms with E-state index >= 15 is 0 Å². The molecule has 1 saturated carbocycles. The molecule has 6 rings (SSSR count). The molecule has 9 nitrogen and oxygen atoms in total. The van der Waals surface area contributed by atoms with Crippen molar-refractivity contribution in [2.45, 2.75) is 46.1 Å². The van der Waals surface area contributed by atoms with Crippen LogP contribution in [-0.4, -0.2) is 42.0 Å². The number of rotatable bonds is 6. The van der Waals surface area contributed by atoms with E-state index in [2.05, 4.69) is 26.9 Å². The highest BCUT2D eigenvalue weighted by molar-refractivity contribution is 6.04. The highest BCUT2D eigenvalue weighted by Gasteiger charge is 2.37. The number of hydrogen-bond acceptors (Lipinski definition) is 7. The van der Waals surface area contributed by atoms with E-state index in [1.165, 1.54) is 17.9 Å². The third-order valence-electron chi connectivity index (χ3n) is 6.58. The summed E-state index contributed by atoms with van der Waals surface area (Å²) in [6.45, 7) is 7.11. The highest BCUT2D eigenvalue weighted by atomic mass is 16.7. The molecule has 2 aliphatic rings. The lowest BCUT2D eigenvalue weighted by Gasteiger charge is -2.17. The molecule has 0 N–H and O–H groups in total. The summed E-state index contributed by atoms with van der Waals surface area (Å²) in [5.41, 5.74) is 5.65. The van der Waals surface area contributed by atoms with Crippen molar-refractivity contribution >= 4 is 22.8 Å². The van der Waals surface area contributed by atoms with Crippen LogP contribution >= 0.6 is 0 Å². The lowest BCUT2D eigenvalue weighted by Crippen LogP contribution is -2.29. The maximum absolute atomic E-state index is 12.9. The summed E-state index contributed by atoms with van der Waals surface area (Å²) in [7, 11) is 0. The van der Waals surface area contributed by atoms with Gasteiger partial charge in [-0.3, -0.25) is 9.63 Å². The van der Waals surface area contributed by atoms with E-state index in [-0.39, 0.29) is 11.8 Å². The Morgan fingerprint density at radius 3 is 2.62 bits per heavy atom. The highest BCUT2D eigenvalue weighted by Crippen LogP contribution is 2.41. The van der Waals surface area contributed by atoms with Crippen LogP contribution in [0.3, 0.4) is 0 Å². The lowest BCUT2D eigenvalue weighted by molar-refractivity contribution is -0.126. The quantitative estimate of drug-likeness (QED) is 0.432. The number of nitrogens with zero attached hydrogens (tertiary/aromatic N) is 7. The number of hydroxylamine groups is 1. The maximum Gasteiger partial charge on any atom is 0.258 e. The molecule has 0 bridgehead atoms. The second-order valence-electron chi connectivity index (χ2n) is 8.96. The largest absolute Gasteiger partial charge is 0.309 e. The first-order chi connectivity index (χ1) is 16.5. The third-order valence-corrected chi connectivity index (χ3v) is 6.58. The van der Waals surface area contributed by atoms with Gasteiger partial charge in [0, 0.05) is 24.5 Å². The summed E-state index contributed by atoms with van der Waals surface area (Å²) in [5, 5.41) is 1.47. The molecule has 1 fully saturated rings. The molecule has 1 aromatic carbocycles. The summed E-state index contributed by atoms with van der Waals surface area (Å²) in [5.74, 6) is 1.73. The van der Waals surface area contributed by atoms with Crippen LogP contribution in [0.25, 0.3) is 33.8 Å². The van der Waals surface area contributed by atoms with E-state index < -0.39 is 0 Å². The number of amides is 1. The summed E-state index contributed by atoms with van der Waals surface area (Å²) >= 11 is 0. The molecule has 1 aliphatic heterocycles. The fourth-order valence-electron chi connectivity index (χ4n) is 4.43. The van der Waals surface area contributed by atoms with Gasteiger partial charge in [-0.2, -0.15) is 5.06 Å². The zero-order chi connectivity index (χ0) is 23.4. The average Bonchev–Trinajstić information content (AvgIpc) is 3.56. The van der Waals surface area contributed by atoms with Gasteiger partial charge in [0.25, 0.3) is 5.91 Å². The Morgan fingerprint density at radius 1 is 1.09 bits per heavy atom. The first-order valence-electron chi connectivity index (χ1n) is 11.7. The van der Waals surface area contributed by atoms with Crippen molar-refractivity contribution in [1.82, 2.24) is 29.5 Å². The molecule has 0 saturated heterocycles. The first kappa shape index (κ1) is 20.9. The van der Waals surface area contributed by atoms with Crippen LogP contribution in [-0.2, 0) is 16.2 Å². The van der Waals surface area contributed by atoms with Crippen molar-refractivity contribution in [3.63, 3.8) is 0 Å². The van der Waals surface area contributed by atoms with Crippen molar-refractivity contribution < 1.29 is 9.63 Å². The molecular formula is C25H25N7O2. The Kier molecular flexibility index (Phi) is 4.88. The minimum absolute atomic E-state index is 0.0300. The van der Waals surface area contributed by atoms with Gasteiger partial charge >= 0.3 is 0 Å². The van der Waals surface area contributed by atoms with Crippen LogP contribution in [0.1, 0.15) is 44.0 Å². The minimum Gasteiger partial charge on any atom is -0.309 e. The van der Waals surface area contributed by atoms with Gasteiger partial charge in [-0.25, -0.2) is 24.9 Å². The van der Waals surface area contributed by atoms with Gasteiger partial charge < -0.3 is 4.57 Å². The molecule has 34 heavy (non-hydrogen) atoms. The zero-order valence-corrected chi connectivity index (χ0v) is 19.4. The second-order valence-corrected chi connectivity index (χ2v) is 8.96. The van der Waals surface area contributed by atoms with Gasteiger partial charge in [-0.1, -0.05) is 6.07 Å². The topological polar surface area (TPSA) is 98.9 Å². The van der Waals surface area contributed by atoms with Crippen LogP contribution in [0.15, 0.2) is 36.9 Å². The molecule has 9 heteroatoms. The number of benzene rings is 1. The number of carbonyl (C=O) groups excluding carboxylic acids is 1. The molecule has 1 amide bonds. The molecule has 4 aromatic rings. The Labute approximate surface area is 196 Å². The monoisotopic (exact) mass is 455 g/mol. The van der Waals surface area contributed by atoms with Crippen LogP contribution in [0.5, 0.6) is 0 Å². The van der Waals surface area contributed by atoms with Crippen LogP contribution in [0, 0.1) is 12.8 Å². The third kappa shape index (κ3) is 3.35. The van der Waals surface area contributed by atoms with Gasteiger partial charge in [0.15, 0.2) is 5.65 Å². The number of aryl methyl sites for hydroxylation is 2. The second kappa shape index (κ2) is 7.95. The smallest absolute Gasteiger partial charge is 0.258 e. The maximum atomic E-state index is 12.9. The molecule has 4 heterocycles. The van der Waals surface area contributed by atoms with Crippen LogP contribution in [0.4, 0.5) is 5.69 Å². The first-order valence-corrected chi connectivity index (χ1v) is 11.7. The van der Waals surface area contributed by atoms with Gasteiger partial charge in [0.05, 0.1) is 23.8 Å². The van der Waals surface area contributed by atoms with E-state index in [9.17, 15) is 4.79 Å². The van der Waals surface area contributed by atoms with Crippen molar-refractivity contribution in [3.05, 3.63) is 48.3 Å². The molecular weight excluding hydrogens is 430 g/mol. The number of fused-ring (bicyclic) bond motifs is 2. The fraction of sp³-hybridized carbons (Fsp3) is 0.360. The van der Waals surface area contributed by atoms with E-state index in [0.717, 1.165) is 39.5 Å². The summed E-state index contributed by atoms with van der Waals surface area (Å²) in [4.78, 5) is 41.4. The van der Waals surface area contributed by atoms with Crippen molar-refractivity contribution in [2.75, 3.05) is 11.7 Å². The van der Waals surface area contributed by atoms with E-state index in [1.54, 1.807) is 18.7 Å². The Morgan fingerprint density at radius 2 is 1.88 bits per heavy atom. The number of anilines is 1. The summed E-state index contributed by atoms with van der Waals surface area (Å²) < 4.78 is 2.04. The molecule has 3 aromatic heterocycles. The van der Waals surface area contributed by atoms with Gasteiger partial charge in [0.1, 0.15) is 29.2 Å². The predicted molar refractivity (Wildman–Crippen MR) is 127 cm³/mol. The molecule has 1 unspecified atom stereocenters. The standard InChI is InChI=1S/C25H25N7O2/c1-4-31-23(18-10-26-15(3)27-11-18)30-22-21(28-13-29-24(22)31)17-7-8-20-19(9-17)14(2)25(33)32(20)34-12-16-5-6-16/h7-11,13-14,16H,4-6,12H2,1-3H3. The molecule has 1 atom stereocenters. The lowest BCUT2D eigenvalue weighted by atomic mass is 9.99. The Hall–Kier alpha value is -3.72. The van der Waals surface area contributed by atoms with Gasteiger partial charge in [-0.05, 0) is 57.2 Å². The minimum atomic E-state index is -0.278. The van der Waals surface area contributed by atoms with E-state index in [1.807, 2.05) is 36.6 Å². The van der Waals surface area contributed by atoms with E-state index in [0.29, 0.717) is 30.4 Å². The van der Waals surface area contributed by atoms with Crippen LogP contribution in [0.2, 0.25) is 0 Å². The van der Waals surface area contributed by atoms with E-state index in [4.69, 9.17) is 9.82 Å². The molecule has 172 valence electrons. The SMILES string of the molecule is CCn1c(-c2cnc(C)nc2)nc2c(-c3ccc4c(c3)C(C)C(=O)N4OCC3CC3)ncnc21. The van der Waals surface area contributed by atoms with Crippen molar-refractivity contribution in [2.24, 2.45) is 5.92 Å². The normalized spacial score (nSPS) is 17.6. The van der Waals surface area contributed by atoms with Gasteiger partial charge in [0.2, 0.25) is 0 Å². The fourth-order valence-corrected chi connectivity index (χ4v) is 4.43. The molecule has 0 radical (unpaired) electrons. The Balaban J connectivity index is 1.43. The number of aromatic nitrogens is 6. The summed E-state index contributed by atoms with van der Waals surface area (Å²) in [6, 6.07) is 5.94. The number of hydrogen-bond donors (Lipinski definition) is 0. The predicted octanol–water partition coefficient (Wildman–Crippen LogP) is 4.07. The average molecular weight is 456 g/mol. The molecule has 0 spiro atoms. The van der Waals surface area contributed by atoms with Crippen molar-refractivity contribution in [1.29, 1.82) is 0 Å². The van der Waals surface area contributed by atoms with Crippen LogP contribution < -0.4 is 5.06 Å². The van der Waals surface area contributed by atoms with Crippen molar-refractivity contribution in [3.8, 4) is 22.6 Å². The summed E-state index contributed by atoms with van der Waals surface area (Å²) in [6.07, 6.45) is 7.47. The number of carbonyl (C=O) groups is 1. The molecule has 1 aliphatic carbocycles.